The minimum Gasteiger partial charge on any atom is -0.363 e. The molecule has 0 atom stereocenters. The molecule has 4 rings (SSSR count). The third-order valence-corrected chi connectivity index (χ3v) is 9.97. The van der Waals surface area contributed by atoms with Gasteiger partial charge < -0.3 is 9.80 Å². The topological polar surface area (TPSA) is 40.6 Å². The summed E-state index contributed by atoms with van der Waals surface area (Å²) in [4.78, 5) is 27.9. The van der Waals surface area contributed by atoms with Gasteiger partial charge in [0, 0.05) is 59.9 Å². The van der Waals surface area contributed by atoms with Crippen molar-refractivity contribution in [2.24, 2.45) is 10.8 Å². The van der Waals surface area contributed by atoms with E-state index < -0.39 is 34.1 Å². The first-order valence-electron chi connectivity index (χ1n) is 16.8. The first-order chi connectivity index (χ1) is 24.8. The molecule has 288 valence electrons. The minimum atomic E-state index is -1.00. The van der Waals surface area contributed by atoms with Gasteiger partial charge in [0.1, 0.15) is 0 Å². The molecule has 53 heavy (non-hydrogen) atoms. The maximum absolute atomic E-state index is 13.9. The van der Waals surface area contributed by atoms with Crippen LogP contribution in [0.2, 0.25) is 0 Å². The van der Waals surface area contributed by atoms with Crippen molar-refractivity contribution >= 4 is 69.6 Å². The molecule has 0 fully saturated rings. The molecule has 2 aliphatic rings. The standard InChI is InChI=1S/2C15H18Cl2F2NO.2C5H5.Ti/c2*1-3-4-7-20(14(21)15(2,9-16)10-17)13-6-5-11(18)8-12(13)19;2*1-2-4-5-3-1;/h2*5-6H,3-4,7,9-10H2,1-2H3;2*1-3H,4H2;/q4*-1;+4. The fraction of sp³-hybridized carbons (Fsp3) is 0.450. The van der Waals surface area contributed by atoms with Gasteiger partial charge in [0.15, 0.2) is 0 Å². The van der Waals surface area contributed by atoms with Crippen molar-refractivity contribution in [2.45, 2.75) is 66.2 Å². The average Bonchev–Trinajstić information content (AvgIpc) is 3.93. The van der Waals surface area contributed by atoms with Crippen molar-refractivity contribution in [1.82, 2.24) is 0 Å². The maximum atomic E-state index is 13.9. The minimum absolute atomic E-state index is 0. The van der Waals surface area contributed by atoms with Gasteiger partial charge in [-0.2, -0.15) is 12.2 Å². The molecule has 2 aromatic rings. The van der Waals surface area contributed by atoms with Gasteiger partial charge in [-0.25, -0.2) is 41.9 Å². The number of carbonyl (C=O) groups is 2. The first kappa shape index (κ1) is 50.9. The Kier molecular flexibility index (Phi) is 26.4. The molecule has 0 radical (unpaired) electrons. The quantitative estimate of drug-likeness (QED) is 0.0822. The molecule has 0 bridgehead atoms. The zero-order valence-corrected chi connectivity index (χ0v) is 35.1. The fourth-order valence-corrected chi connectivity index (χ4v) is 5.24. The van der Waals surface area contributed by atoms with Crippen LogP contribution in [0.1, 0.15) is 66.2 Å². The molecule has 0 aliphatic heterocycles. The van der Waals surface area contributed by atoms with Crippen molar-refractivity contribution in [1.29, 1.82) is 0 Å². The Morgan fingerprint density at radius 3 is 1.21 bits per heavy atom. The Balaban J connectivity index is 0.000000791. The van der Waals surface area contributed by atoms with Gasteiger partial charge >= 0.3 is 21.7 Å². The molecular weight excluding hydrogens is 806 g/mol. The van der Waals surface area contributed by atoms with E-state index in [1.807, 2.05) is 50.3 Å². The Hall–Kier alpha value is -2.07. The van der Waals surface area contributed by atoms with E-state index in [9.17, 15) is 27.2 Å². The smallest absolute Gasteiger partial charge is 0.363 e. The van der Waals surface area contributed by atoms with Crippen molar-refractivity contribution < 1.29 is 48.9 Å². The van der Waals surface area contributed by atoms with E-state index in [2.05, 4.69) is 24.3 Å². The molecule has 0 heterocycles. The van der Waals surface area contributed by atoms with E-state index >= 15 is 0 Å². The molecule has 2 amide bonds. The number of nitrogens with zero attached hydrogens (tertiary/aromatic N) is 2. The summed E-state index contributed by atoms with van der Waals surface area (Å²) >= 11 is 23.4. The number of anilines is 2. The molecule has 0 unspecified atom stereocenters. The van der Waals surface area contributed by atoms with E-state index in [1.165, 1.54) is 21.9 Å². The molecule has 0 N–H and O–H groups in total. The van der Waals surface area contributed by atoms with Crippen molar-refractivity contribution in [2.75, 3.05) is 46.4 Å². The van der Waals surface area contributed by atoms with Crippen LogP contribution >= 0.6 is 46.4 Å². The van der Waals surface area contributed by atoms with Crippen LogP contribution in [0.4, 0.5) is 28.9 Å². The molecule has 0 spiro atoms. The van der Waals surface area contributed by atoms with Gasteiger partial charge in [0.25, 0.3) is 0 Å². The van der Waals surface area contributed by atoms with Crippen molar-refractivity contribution in [3.05, 3.63) is 108 Å². The number of halogens is 8. The van der Waals surface area contributed by atoms with E-state index in [0.29, 0.717) is 25.9 Å². The fourth-order valence-electron chi connectivity index (χ4n) is 4.22. The van der Waals surface area contributed by atoms with Gasteiger partial charge in [-0.3, -0.25) is 21.7 Å². The monoisotopic (exact) mass is 850 g/mol. The molecule has 4 nitrogen and oxygen atoms in total. The summed E-state index contributed by atoms with van der Waals surface area (Å²) < 4.78 is 53.8. The Labute approximate surface area is 348 Å². The van der Waals surface area contributed by atoms with Crippen LogP contribution in [0.15, 0.2) is 60.7 Å². The van der Waals surface area contributed by atoms with E-state index in [1.54, 1.807) is 13.8 Å². The Morgan fingerprint density at radius 1 is 0.660 bits per heavy atom. The number of alkyl halides is 4. The molecule has 2 aliphatic carbocycles. The van der Waals surface area contributed by atoms with E-state index in [-0.39, 0.29) is 68.4 Å². The summed E-state index contributed by atoms with van der Waals surface area (Å²) in [7, 11) is 0. The number of rotatable bonds is 14. The van der Waals surface area contributed by atoms with Gasteiger partial charge in [0.05, 0.1) is 10.8 Å². The number of hydrogen-bond acceptors (Lipinski definition) is 2. The second-order valence-electron chi connectivity index (χ2n) is 12.3. The van der Waals surface area contributed by atoms with Crippen LogP contribution in [0.5, 0.6) is 0 Å². The number of benzene rings is 2. The molecular formula is C40H46Cl4F4N2O2Ti. The van der Waals surface area contributed by atoms with Crippen molar-refractivity contribution in [3.63, 3.8) is 0 Å². The Morgan fingerprint density at radius 2 is 1.00 bits per heavy atom. The second-order valence-corrected chi connectivity index (χ2v) is 13.4. The molecule has 2 aromatic carbocycles. The first-order valence-corrected chi connectivity index (χ1v) is 19.0. The Bertz CT molecular complexity index is 1380. The summed E-state index contributed by atoms with van der Waals surface area (Å²) in [6, 6.07) is 8.50. The van der Waals surface area contributed by atoms with Crippen LogP contribution in [0.3, 0.4) is 0 Å². The van der Waals surface area contributed by atoms with Gasteiger partial charge in [0.2, 0.25) is 11.8 Å². The zero-order chi connectivity index (χ0) is 39.2. The van der Waals surface area contributed by atoms with Crippen LogP contribution in [0.25, 0.3) is 0 Å². The van der Waals surface area contributed by atoms with Crippen molar-refractivity contribution in [3.8, 4) is 0 Å². The summed E-state index contributed by atoms with van der Waals surface area (Å²) in [5, 5.41) is 0. The molecule has 13 heteroatoms. The van der Waals surface area contributed by atoms with Gasteiger partial charge in [-0.15, -0.1) is 95.6 Å². The largest absolute Gasteiger partial charge is 4.00 e. The molecule has 0 saturated carbocycles. The average molecular weight is 852 g/mol. The third kappa shape index (κ3) is 17.1. The number of carbonyl (C=O) groups excluding carboxylic acids is 2. The zero-order valence-electron chi connectivity index (χ0n) is 30.5. The number of allylic oxidation sites excluding steroid dienone is 8. The van der Waals surface area contributed by atoms with Gasteiger partial charge in [-0.1, -0.05) is 26.7 Å². The summed E-state index contributed by atoms with van der Waals surface area (Å²) in [6.07, 6.45) is 23.0. The van der Waals surface area contributed by atoms with Crippen LogP contribution in [0, 0.1) is 58.4 Å². The summed E-state index contributed by atoms with van der Waals surface area (Å²) in [6.45, 7) is 7.79. The van der Waals surface area contributed by atoms with Crippen LogP contribution < -0.4 is 9.80 Å². The summed E-state index contributed by atoms with van der Waals surface area (Å²) in [5.41, 5.74) is -2.01. The predicted octanol–water partition coefficient (Wildman–Crippen LogP) is 11.4. The van der Waals surface area contributed by atoms with Crippen LogP contribution in [-0.2, 0) is 31.3 Å². The van der Waals surface area contributed by atoms with E-state index in [4.69, 9.17) is 46.4 Å². The maximum Gasteiger partial charge on any atom is 4.00 e. The number of unbranched alkanes of at least 4 members (excludes halogenated alkanes) is 2. The number of hydrogen-bond donors (Lipinski definition) is 0. The second kappa shape index (κ2) is 27.5. The van der Waals surface area contributed by atoms with Gasteiger partial charge in [-0.05, 0) is 38.1 Å². The molecule has 0 saturated heterocycles. The van der Waals surface area contributed by atoms with E-state index in [0.717, 1.165) is 37.8 Å². The summed E-state index contributed by atoms with van der Waals surface area (Å²) in [5.74, 6) is -4.09. The predicted molar refractivity (Wildman–Crippen MR) is 207 cm³/mol. The normalized spacial score (nSPS) is 12.5. The number of amides is 2. The third-order valence-electron chi connectivity index (χ3n) is 7.61. The SMILES string of the molecule is CCCCN(C(=O)C(C)(CCl)CCl)c1ccc(F)[c-]c1F.CCCCN(C(=O)C(C)(CCl)CCl)c1ccc(F)[c-]c1F.[C-]1=CC=CC1.[C-]1=CC=CC1.[Ti+4]. The van der Waals surface area contributed by atoms with Crippen LogP contribution in [-0.4, -0.2) is 48.4 Å². The molecule has 0 aromatic heterocycles.